The van der Waals surface area contributed by atoms with E-state index in [1.807, 2.05) is 6.92 Å². The first-order valence-corrected chi connectivity index (χ1v) is 5.41. The predicted octanol–water partition coefficient (Wildman–Crippen LogP) is 1.40. The van der Waals surface area contributed by atoms with Crippen LogP contribution in [0.5, 0.6) is 0 Å². The van der Waals surface area contributed by atoms with Gasteiger partial charge in [-0.15, -0.1) is 0 Å². The van der Waals surface area contributed by atoms with Gasteiger partial charge in [-0.05, 0) is 19.8 Å². The summed E-state index contributed by atoms with van der Waals surface area (Å²) in [4.78, 5) is 15.4. The van der Waals surface area contributed by atoms with Crippen molar-refractivity contribution in [3.05, 3.63) is 17.2 Å². The van der Waals surface area contributed by atoms with Crippen molar-refractivity contribution >= 4 is 5.97 Å². The summed E-state index contributed by atoms with van der Waals surface area (Å²) in [5.74, 6) is 0.117. The minimum absolute atomic E-state index is 0.223. The molecule has 0 bridgehead atoms. The van der Waals surface area contributed by atoms with Crippen LogP contribution in [0.2, 0.25) is 0 Å². The van der Waals surface area contributed by atoms with E-state index in [0.29, 0.717) is 6.42 Å². The maximum absolute atomic E-state index is 10.9. The lowest BCUT2D eigenvalue weighted by Crippen LogP contribution is -2.26. The fourth-order valence-corrected chi connectivity index (χ4v) is 2.31. The number of nitrogens with zero attached hydrogens (tertiary/aromatic N) is 2. The van der Waals surface area contributed by atoms with Crippen LogP contribution in [0.25, 0.3) is 0 Å². The molecule has 4 nitrogen and oxygen atoms in total. The molecule has 1 N–H and O–H groups in total. The molecule has 15 heavy (non-hydrogen) atoms. The summed E-state index contributed by atoms with van der Waals surface area (Å²) in [5.41, 5.74) is 2.20. The molecular formula is C11H16N2O2. The van der Waals surface area contributed by atoms with Crippen LogP contribution < -0.4 is 0 Å². The van der Waals surface area contributed by atoms with Gasteiger partial charge >= 0.3 is 5.97 Å². The van der Waals surface area contributed by atoms with E-state index >= 15 is 0 Å². The smallest absolute Gasteiger partial charge is 0.306 e. The van der Waals surface area contributed by atoms with Gasteiger partial charge < -0.3 is 9.67 Å². The van der Waals surface area contributed by atoms with Crippen molar-refractivity contribution in [3.8, 4) is 0 Å². The van der Waals surface area contributed by atoms with Gasteiger partial charge in [0.1, 0.15) is 5.82 Å². The summed E-state index contributed by atoms with van der Waals surface area (Å²) in [6, 6.07) is 0. The molecule has 1 unspecified atom stereocenters. The minimum atomic E-state index is -0.679. The van der Waals surface area contributed by atoms with Gasteiger partial charge in [0.15, 0.2) is 0 Å². The summed E-state index contributed by atoms with van der Waals surface area (Å²) >= 11 is 0. The molecule has 1 atom stereocenters. The Morgan fingerprint density at radius 3 is 3.00 bits per heavy atom. The lowest BCUT2D eigenvalue weighted by Gasteiger charge is -2.22. The van der Waals surface area contributed by atoms with Gasteiger partial charge in [0.2, 0.25) is 0 Å². The average Bonchev–Trinajstić information content (AvgIpc) is 2.55. The first kappa shape index (κ1) is 10.2. The number of carbonyl (C=O) groups is 1. The molecule has 0 aliphatic carbocycles. The molecule has 1 aromatic rings. The van der Waals surface area contributed by atoms with Gasteiger partial charge in [-0.3, -0.25) is 4.79 Å². The van der Waals surface area contributed by atoms with Crippen LogP contribution >= 0.6 is 0 Å². The fourth-order valence-electron chi connectivity index (χ4n) is 2.31. The predicted molar refractivity (Wildman–Crippen MR) is 55.8 cm³/mol. The number of carboxylic acid groups (broad SMARTS) is 1. The molecule has 0 saturated carbocycles. The number of fused-ring (bicyclic) bond motifs is 1. The Morgan fingerprint density at radius 1 is 1.67 bits per heavy atom. The van der Waals surface area contributed by atoms with Crippen LogP contribution in [0, 0.1) is 12.8 Å². The lowest BCUT2D eigenvalue weighted by atomic mass is 9.95. The SMILES string of the molecule is CCc1nc(C)n2c1CC(C(=O)O)CC2. The van der Waals surface area contributed by atoms with Crippen molar-refractivity contribution in [1.29, 1.82) is 0 Å². The van der Waals surface area contributed by atoms with E-state index in [4.69, 9.17) is 5.11 Å². The molecule has 1 aromatic heterocycles. The number of aromatic nitrogens is 2. The Bertz CT molecular complexity index is 396. The number of imidazole rings is 1. The highest BCUT2D eigenvalue weighted by Gasteiger charge is 2.27. The number of hydrogen-bond acceptors (Lipinski definition) is 2. The highest BCUT2D eigenvalue weighted by Crippen LogP contribution is 2.25. The molecule has 0 fully saturated rings. The maximum atomic E-state index is 10.9. The first-order valence-electron chi connectivity index (χ1n) is 5.41. The second-order valence-corrected chi connectivity index (χ2v) is 4.09. The molecule has 0 saturated heterocycles. The van der Waals surface area contributed by atoms with Gasteiger partial charge in [0.25, 0.3) is 0 Å². The van der Waals surface area contributed by atoms with Crippen LogP contribution in [0.4, 0.5) is 0 Å². The number of aliphatic carboxylic acids is 1. The summed E-state index contributed by atoms with van der Waals surface area (Å²) in [5, 5.41) is 9.00. The monoisotopic (exact) mass is 208 g/mol. The van der Waals surface area contributed by atoms with E-state index in [1.54, 1.807) is 0 Å². The second-order valence-electron chi connectivity index (χ2n) is 4.09. The van der Waals surface area contributed by atoms with Crippen LogP contribution in [-0.2, 0) is 24.2 Å². The normalized spacial score (nSPS) is 20.0. The molecule has 2 rings (SSSR count). The molecule has 0 aromatic carbocycles. The summed E-state index contributed by atoms with van der Waals surface area (Å²) in [6.07, 6.45) is 2.25. The highest BCUT2D eigenvalue weighted by atomic mass is 16.4. The third-order valence-electron chi connectivity index (χ3n) is 3.17. The Balaban J connectivity index is 2.35. The van der Waals surface area contributed by atoms with E-state index in [-0.39, 0.29) is 5.92 Å². The molecular weight excluding hydrogens is 192 g/mol. The van der Waals surface area contributed by atoms with Crippen LogP contribution in [0.15, 0.2) is 0 Å². The van der Waals surface area contributed by atoms with Crippen LogP contribution in [0.3, 0.4) is 0 Å². The zero-order chi connectivity index (χ0) is 11.0. The quantitative estimate of drug-likeness (QED) is 0.799. The van der Waals surface area contributed by atoms with E-state index in [9.17, 15) is 4.79 Å². The summed E-state index contributed by atoms with van der Waals surface area (Å²) in [6.45, 7) is 4.85. The van der Waals surface area contributed by atoms with E-state index in [0.717, 1.165) is 36.6 Å². The Morgan fingerprint density at radius 2 is 2.40 bits per heavy atom. The van der Waals surface area contributed by atoms with Gasteiger partial charge in [0, 0.05) is 18.7 Å². The molecule has 0 amide bonds. The highest BCUT2D eigenvalue weighted by molar-refractivity contribution is 5.70. The largest absolute Gasteiger partial charge is 0.481 e. The Hall–Kier alpha value is -1.32. The number of aryl methyl sites for hydroxylation is 2. The molecule has 2 heterocycles. The second kappa shape index (κ2) is 3.68. The number of rotatable bonds is 2. The van der Waals surface area contributed by atoms with Crippen molar-refractivity contribution in [2.45, 2.75) is 39.7 Å². The molecule has 4 heteroatoms. The fraction of sp³-hybridized carbons (Fsp3) is 0.636. The van der Waals surface area contributed by atoms with Gasteiger partial charge in [-0.25, -0.2) is 4.98 Å². The van der Waals surface area contributed by atoms with Gasteiger partial charge in [-0.1, -0.05) is 6.92 Å². The third-order valence-corrected chi connectivity index (χ3v) is 3.17. The zero-order valence-corrected chi connectivity index (χ0v) is 9.16. The van der Waals surface area contributed by atoms with Crippen molar-refractivity contribution < 1.29 is 9.90 Å². The van der Waals surface area contributed by atoms with Crippen molar-refractivity contribution in [3.63, 3.8) is 0 Å². The topological polar surface area (TPSA) is 55.1 Å². The Labute approximate surface area is 88.9 Å². The van der Waals surface area contributed by atoms with Crippen LogP contribution in [-0.4, -0.2) is 20.6 Å². The number of carboxylic acids is 1. The van der Waals surface area contributed by atoms with Crippen molar-refractivity contribution in [2.75, 3.05) is 0 Å². The average molecular weight is 208 g/mol. The van der Waals surface area contributed by atoms with E-state index < -0.39 is 5.97 Å². The Kier molecular flexibility index (Phi) is 2.50. The lowest BCUT2D eigenvalue weighted by molar-refractivity contribution is -0.142. The molecule has 0 spiro atoms. The zero-order valence-electron chi connectivity index (χ0n) is 9.16. The third kappa shape index (κ3) is 1.64. The van der Waals surface area contributed by atoms with Gasteiger partial charge in [-0.2, -0.15) is 0 Å². The van der Waals surface area contributed by atoms with Crippen LogP contribution in [0.1, 0.15) is 30.6 Å². The molecule has 82 valence electrons. The van der Waals surface area contributed by atoms with Crippen molar-refractivity contribution in [1.82, 2.24) is 9.55 Å². The molecule has 0 radical (unpaired) electrons. The molecule has 1 aliphatic rings. The van der Waals surface area contributed by atoms with Gasteiger partial charge in [0.05, 0.1) is 11.6 Å². The maximum Gasteiger partial charge on any atom is 0.306 e. The van der Waals surface area contributed by atoms with Crippen molar-refractivity contribution in [2.24, 2.45) is 5.92 Å². The summed E-state index contributed by atoms with van der Waals surface area (Å²) in [7, 11) is 0. The number of hydrogen-bond donors (Lipinski definition) is 1. The minimum Gasteiger partial charge on any atom is -0.481 e. The molecule has 1 aliphatic heterocycles. The standard InChI is InChI=1S/C11H16N2O2/c1-3-9-10-6-8(11(14)15)4-5-13(10)7(2)12-9/h8H,3-6H2,1-2H3,(H,14,15). The first-order chi connectivity index (χ1) is 7.13. The summed E-state index contributed by atoms with van der Waals surface area (Å²) < 4.78 is 2.16. The van der Waals surface area contributed by atoms with E-state index in [1.165, 1.54) is 0 Å². The van der Waals surface area contributed by atoms with E-state index in [2.05, 4.69) is 16.5 Å².